The molecule has 66 valence electrons. The fourth-order valence-electron chi connectivity index (χ4n) is 1.40. The molecular weight excluding hydrogens is 170 g/mol. The second kappa shape index (κ2) is 3.13. The summed E-state index contributed by atoms with van der Waals surface area (Å²) in [6, 6.07) is 4.12. The molecular formula is C11H8F2. The van der Waals surface area contributed by atoms with Crippen LogP contribution in [0.4, 0.5) is 8.78 Å². The van der Waals surface area contributed by atoms with Crippen molar-refractivity contribution in [2.75, 3.05) is 0 Å². The zero-order valence-corrected chi connectivity index (χ0v) is 6.93. The van der Waals surface area contributed by atoms with Gasteiger partial charge in [-0.05, 0) is 36.3 Å². The Morgan fingerprint density at radius 1 is 1.15 bits per heavy atom. The van der Waals surface area contributed by atoms with Gasteiger partial charge in [0, 0.05) is 5.56 Å². The molecule has 0 atom stereocenters. The molecule has 1 aliphatic carbocycles. The number of rotatable bonds is 0. The van der Waals surface area contributed by atoms with Crippen molar-refractivity contribution in [1.82, 2.24) is 0 Å². The number of halogens is 2. The van der Waals surface area contributed by atoms with Gasteiger partial charge in [-0.3, -0.25) is 0 Å². The van der Waals surface area contributed by atoms with Gasteiger partial charge in [-0.1, -0.05) is 12.2 Å². The molecule has 13 heavy (non-hydrogen) atoms. The van der Waals surface area contributed by atoms with Crippen LogP contribution in [0.1, 0.15) is 11.1 Å². The molecule has 0 radical (unpaired) electrons. The topological polar surface area (TPSA) is 0 Å². The van der Waals surface area contributed by atoms with Gasteiger partial charge >= 0.3 is 0 Å². The van der Waals surface area contributed by atoms with E-state index in [-0.39, 0.29) is 11.6 Å². The Balaban J connectivity index is 2.59. The number of benzene rings is 1. The third kappa shape index (κ3) is 1.52. The highest BCUT2D eigenvalue weighted by atomic mass is 19.1. The molecule has 1 aromatic rings. The van der Waals surface area contributed by atoms with Gasteiger partial charge in [0.1, 0.15) is 11.6 Å². The predicted octanol–water partition coefficient (Wildman–Crippen LogP) is 3.25. The van der Waals surface area contributed by atoms with E-state index in [1.165, 1.54) is 24.3 Å². The van der Waals surface area contributed by atoms with Crippen molar-refractivity contribution in [3.63, 3.8) is 0 Å². The Morgan fingerprint density at radius 2 is 2.00 bits per heavy atom. The van der Waals surface area contributed by atoms with E-state index in [1.807, 2.05) is 6.08 Å². The van der Waals surface area contributed by atoms with Crippen molar-refractivity contribution in [3.05, 3.63) is 53.4 Å². The summed E-state index contributed by atoms with van der Waals surface area (Å²) >= 11 is 0. The van der Waals surface area contributed by atoms with Crippen molar-refractivity contribution in [2.45, 2.75) is 6.42 Å². The molecule has 0 aliphatic heterocycles. The maximum Gasteiger partial charge on any atom is 0.130 e. The molecule has 0 fully saturated rings. The molecule has 1 aliphatic rings. The lowest BCUT2D eigenvalue weighted by molar-refractivity contribution is 0.625. The fourth-order valence-corrected chi connectivity index (χ4v) is 1.40. The van der Waals surface area contributed by atoms with Crippen molar-refractivity contribution >= 4 is 5.83 Å². The third-order valence-electron chi connectivity index (χ3n) is 2.04. The molecule has 0 spiro atoms. The van der Waals surface area contributed by atoms with E-state index in [0.29, 0.717) is 17.5 Å². The minimum absolute atomic E-state index is 0.302. The van der Waals surface area contributed by atoms with Crippen molar-refractivity contribution in [2.24, 2.45) is 0 Å². The number of fused-ring (bicyclic) bond motifs is 1. The zero-order chi connectivity index (χ0) is 9.26. The highest BCUT2D eigenvalue weighted by Gasteiger charge is 2.08. The van der Waals surface area contributed by atoms with E-state index in [0.717, 1.165) is 0 Å². The van der Waals surface area contributed by atoms with E-state index < -0.39 is 0 Å². The summed E-state index contributed by atoms with van der Waals surface area (Å²) in [7, 11) is 0. The lowest BCUT2D eigenvalue weighted by atomic mass is 10.0. The second-order valence-corrected chi connectivity index (χ2v) is 2.95. The van der Waals surface area contributed by atoms with Crippen LogP contribution in [0.2, 0.25) is 0 Å². The van der Waals surface area contributed by atoms with Gasteiger partial charge in [-0.15, -0.1) is 0 Å². The Bertz CT molecular complexity index is 389. The largest absolute Gasteiger partial charge is 0.207 e. The zero-order valence-electron chi connectivity index (χ0n) is 6.93. The van der Waals surface area contributed by atoms with E-state index >= 15 is 0 Å². The Kier molecular flexibility index (Phi) is 1.97. The molecule has 0 bridgehead atoms. The van der Waals surface area contributed by atoms with Crippen LogP contribution in [-0.2, 0) is 6.42 Å². The maximum atomic E-state index is 13.3. The average Bonchev–Trinajstić information content (AvgIpc) is 2.28. The van der Waals surface area contributed by atoms with Crippen LogP contribution in [0.15, 0.2) is 36.4 Å². The molecule has 2 rings (SSSR count). The Hall–Kier alpha value is -1.44. The first kappa shape index (κ1) is 8.17. The standard InChI is InChI=1S/C11H8F2/c12-9-5-6-10-8(7-9)3-1-2-4-11(10)13/h1-2,4-7H,3H2. The summed E-state index contributed by atoms with van der Waals surface area (Å²) in [5.41, 5.74) is 1.19. The van der Waals surface area contributed by atoms with Crippen LogP contribution in [0, 0.1) is 5.82 Å². The third-order valence-corrected chi connectivity index (χ3v) is 2.04. The quantitative estimate of drug-likeness (QED) is 0.572. The molecule has 0 N–H and O–H groups in total. The molecule has 0 saturated carbocycles. The van der Waals surface area contributed by atoms with Crippen LogP contribution >= 0.6 is 0 Å². The van der Waals surface area contributed by atoms with Crippen LogP contribution in [0.3, 0.4) is 0 Å². The monoisotopic (exact) mass is 178 g/mol. The van der Waals surface area contributed by atoms with Crippen molar-refractivity contribution < 1.29 is 8.78 Å². The molecule has 0 saturated heterocycles. The van der Waals surface area contributed by atoms with Gasteiger partial charge in [0.05, 0.1) is 0 Å². The molecule has 0 unspecified atom stereocenters. The maximum absolute atomic E-state index is 13.3. The summed E-state index contributed by atoms with van der Waals surface area (Å²) in [6.07, 6.45) is 5.43. The first-order chi connectivity index (χ1) is 6.27. The van der Waals surface area contributed by atoms with Crippen molar-refractivity contribution in [1.29, 1.82) is 0 Å². The van der Waals surface area contributed by atoms with E-state index in [4.69, 9.17) is 0 Å². The van der Waals surface area contributed by atoms with Gasteiger partial charge < -0.3 is 0 Å². The van der Waals surface area contributed by atoms with Crippen molar-refractivity contribution in [3.8, 4) is 0 Å². The first-order valence-corrected chi connectivity index (χ1v) is 4.08. The number of hydrogen-bond acceptors (Lipinski definition) is 0. The summed E-state index contributed by atoms with van der Waals surface area (Å²) in [6.45, 7) is 0. The smallest absolute Gasteiger partial charge is 0.130 e. The molecule has 0 heterocycles. The first-order valence-electron chi connectivity index (χ1n) is 4.08. The number of hydrogen-bond donors (Lipinski definition) is 0. The van der Waals surface area contributed by atoms with E-state index in [2.05, 4.69) is 0 Å². The van der Waals surface area contributed by atoms with Crippen LogP contribution < -0.4 is 0 Å². The molecule has 1 aromatic carbocycles. The summed E-state index contributed by atoms with van der Waals surface area (Å²) in [4.78, 5) is 0. The average molecular weight is 178 g/mol. The SMILES string of the molecule is FC1=CC=CCc2cc(F)ccc21. The molecule has 0 aromatic heterocycles. The van der Waals surface area contributed by atoms with Crippen LogP contribution in [0.5, 0.6) is 0 Å². The van der Waals surface area contributed by atoms with Gasteiger partial charge in [0.15, 0.2) is 0 Å². The minimum Gasteiger partial charge on any atom is -0.207 e. The normalized spacial score (nSPS) is 14.8. The van der Waals surface area contributed by atoms with E-state index in [9.17, 15) is 8.78 Å². The Labute approximate surface area is 75.2 Å². The van der Waals surface area contributed by atoms with Crippen LogP contribution in [-0.4, -0.2) is 0 Å². The van der Waals surface area contributed by atoms with Gasteiger partial charge in [-0.25, -0.2) is 8.78 Å². The fraction of sp³-hybridized carbons (Fsp3) is 0.0909. The minimum atomic E-state index is -0.318. The van der Waals surface area contributed by atoms with Gasteiger partial charge in [0.2, 0.25) is 0 Å². The molecule has 0 amide bonds. The second-order valence-electron chi connectivity index (χ2n) is 2.95. The number of allylic oxidation sites excluding steroid dienone is 3. The van der Waals surface area contributed by atoms with Gasteiger partial charge in [0.25, 0.3) is 0 Å². The summed E-state index contributed by atoms with van der Waals surface area (Å²) in [5, 5.41) is 0. The molecule has 2 heteroatoms. The highest BCUT2D eigenvalue weighted by Crippen LogP contribution is 2.24. The highest BCUT2D eigenvalue weighted by molar-refractivity contribution is 5.65. The summed E-state index contributed by atoms with van der Waals surface area (Å²) < 4.78 is 26.0. The lowest BCUT2D eigenvalue weighted by Crippen LogP contribution is -1.89. The van der Waals surface area contributed by atoms with E-state index in [1.54, 1.807) is 6.08 Å². The summed E-state index contributed by atoms with van der Waals surface area (Å²) in [5.74, 6) is -0.620. The molecule has 0 nitrogen and oxygen atoms in total. The predicted molar refractivity (Wildman–Crippen MR) is 48.3 cm³/mol. The lowest BCUT2D eigenvalue weighted by Gasteiger charge is -2.03. The Morgan fingerprint density at radius 3 is 2.85 bits per heavy atom. The van der Waals surface area contributed by atoms with Crippen LogP contribution in [0.25, 0.3) is 5.83 Å². The van der Waals surface area contributed by atoms with Gasteiger partial charge in [-0.2, -0.15) is 0 Å².